The zero-order valence-corrected chi connectivity index (χ0v) is 13.2. The van der Waals surface area contributed by atoms with Crippen LogP contribution in [-0.2, 0) is 13.1 Å². The molecule has 1 N–H and O–H groups in total. The summed E-state index contributed by atoms with van der Waals surface area (Å²) in [6.45, 7) is 8.61. The van der Waals surface area contributed by atoms with Gasteiger partial charge in [-0.25, -0.2) is 0 Å². The van der Waals surface area contributed by atoms with E-state index < -0.39 is 0 Å². The van der Waals surface area contributed by atoms with Crippen LogP contribution in [0.4, 0.5) is 0 Å². The Balaban J connectivity index is 1.79. The van der Waals surface area contributed by atoms with Gasteiger partial charge in [-0.3, -0.25) is 0 Å². The largest absolute Gasteiger partial charge is 0.468 e. The Bertz CT molecular complexity index is 383. The summed E-state index contributed by atoms with van der Waals surface area (Å²) in [6.07, 6.45) is 4.47. The van der Waals surface area contributed by atoms with Crippen molar-refractivity contribution in [2.24, 2.45) is 5.92 Å². The van der Waals surface area contributed by atoms with Crippen LogP contribution in [0.2, 0.25) is 0 Å². The molecule has 0 atom stereocenters. The average Bonchev–Trinajstić information content (AvgIpc) is 2.86. The van der Waals surface area contributed by atoms with Crippen molar-refractivity contribution in [3.8, 4) is 0 Å². The highest BCUT2D eigenvalue weighted by Crippen LogP contribution is 2.19. The average molecular weight is 279 g/mol. The maximum Gasteiger partial charge on any atom is 0.122 e. The molecule has 0 unspecified atom stereocenters. The fourth-order valence-corrected chi connectivity index (χ4v) is 2.94. The fourth-order valence-electron chi connectivity index (χ4n) is 2.94. The van der Waals surface area contributed by atoms with Crippen molar-refractivity contribution < 1.29 is 4.42 Å². The highest BCUT2D eigenvalue weighted by Gasteiger charge is 2.18. The van der Waals surface area contributed by atoms with Crippen LogP contribution in [0.1, 0.15) is 31.1 Å². The van der Waals surface area contributed by atoms with E-state index in [1.165, 1.54) is 38.0 Å². The Morgan fingerprint density at radius 2 is 2.15 bits per heavy atom. The lowest BCUT2D eigenvalue weighted by Gasteiger charge is -2.31. The zero-order valence-electron chi connectivity index (χ0n) is 13.2. The van der Waals surface area contributed by atoms with Gasteiger partial charge in [0.1, 0.15) is 5.76 Å². The van der Waals surface area contributed by atoms with Gasteiger partial charge < -0.3 is 19.5 Å². The molecule has 4 nitrogen and oxygen atoms in total. The number of furan rings is 1. The standard InChI is InChI=1S/C16H29N3O/c1-4-17-11-16-15(7-10-20-16)13-19(3)12-14-5-8-18(2)9-6-14/h7,10,14,17H,4-6,8-9,11-13H2,1-3H3. The molecule has 114 valence electrons. The van der Waals surface area contributed by atoms with Crippen molar-refractivity contribution in [2.75, 3.05) is 40.3 Å². The van der Waals surface area contributed by atoms with Gasteiger partial charge in [0, 0.05) is 18.7 Å². The van der Waals surface area contributed by atoms with E-state index in [-0.39, 0.29) is 0 Å². The molecule has 2 heterocycles. The maximum atomic E-state index is 5.58. The molecule has 0 bridgehead atoms. The quantitative estimate of drug-likeness (QED) is 0.829. The Hall–Kier alpha value is -0.840. The van der Waals surface area contributed by atoms with E-state index in [1.807, 2.05) is 6.26 Å². The van der Waals surface area contributed by atoms with Crippen molar-refractivity contribution in [1.82, 2.24) is 15.1 Å². The molecule has 0 radical (unpaired) electrons. The first-order valence-corrected chi connectivity index (χ1v) is 7.82. The number of nitrogens with one attached hydrogen (secondary N) is 1. The predicted octanol–water partition coefficient (Wildman–Crippen LogP) is 2.16. The van der Waals surface area contributed by atoms with E-state index in [2.05, 4.69) is 42.2 Å². The molecule has 1 fully saturated rings. The first kappa shape index (κ1) is 15.5. The number of likely N-dealkylation sites (tertiary alicyclic amines) is 1. The van der Waals surface area contributed by atoms with Crippen LogP contribution < -0.4 is 5.32 Å². The topological polar surface area (TPSA) is 31.7 Å². The molecule has 2 rings (SSSR count). The van der Waals surface area contributed by atoms with E-state index >= 15 is 0 Å². The second-order valence-electron chi connectivity index (χ2n) is 6.09. The molecule has 1 saturated heterocycles. The van der Waals surface area contributed by atoms with Crippen LogP contribution in [0.3, 0.4) is 0 Å². The third kappa shape index (κ3) is 4.62. The van der Waals surface area contributed by atoms with Crippen LogP contribution in [0, 0.1) is 5.92 Å². The molecule has 0 amide bonds. The lowest BCUT2D eigenvalue weighted by atomic mass is 9.96. The van der Waals surface area contributed by atoms with Crippen molar-refractivity contribution in [1.29, 1.82) is 0 Å². The summed E-state index contributed by atoms with van der Waals surface area (Å²) in [5.41, 5.74) is 1.32. The first-order chi connectivity index (χ1) is 9.69. The predicted molar refractivity (Wildman–Crippen MR) is 82.6 cm³/mol. The van der Waals surface area contributed by atoms with Crippen LogP contribution in [0.15, 0.2) is 16.7 Å². The molecule has 1 aromatic heterocycles. The van der Waals surface area contributed by atoms with Crippen LogP contribution in [0.5, 0.6) is 0 Å². The minimum Gasteiger partial charge on any atom is -0.468 e. The number of rotatable bonds is 7. The smallest absolute Gasteiger partial charge is 0.122 e. The molecule has 0 spiro atoms. The van der Waals surface area contributed by atoms with Gasteiger partial charge in [-0.1, -0.05) is 6.92 Å². The second-order valence-corrected chi connectivity index (χ2v) is 6.09. The Kier molecular flexibility index (Phi) is 6.07. The van der Waals surface area contributed by atoms with Gasteiger partial charge in [-0.2, -0.15) is 0 Å². The Morgan fingerprint density at radius 3 is 2.85 bits per heavy atom. The lowest BCUT2D eigenvalue weighted by molar-refractivity contribution is 0.173. The monoisotopic (exact) mass is 279 g/mol. The number of hydrogen-bond donors (Lipinski definition) is 1. The van der Waals surface area contributed by atoms with Gasteiger partial charge >= 0.3 is 0 Å². The van der Waals surface area contributed by atoms with Crippen molar-refractivity contribution in [3.05, 3.63) is 23.7 Å². The minimum atomic E-state index is 0.834. The van der Waals surface area contributed by atoms with Gasteiger partial charge in [-0.15, -0.1) is 0 Å². The lowest BCUT2D eigenvalue weighted by Crippen LogP contribution is -2.35. The minimum absolute atomic E-state index is 0.834. The van der Waals surface area contributed by atoms with E-state index in [9.17, 15) is 0 Å². The van der Waals surface area contributed by atoms with Crippen molar-refractivity contribution in [2.45, 2.75) is 32.9 Å². The SMILES string of the molecule is CCNCc1occc1CN(C)CC1CCN(C)CC1. The summed E-state index contributed by atoms with van der Waals surface area (Å²) in [5, 5.41) is 3.33. The molecule has 1 aromatic rings. The number of nitrogens with zero attached hydrogens (tertiary/aromatic N) is 2. The molecular weight excluding hydrogens is 250 g/mol. The van der Waals surface area contributed by atoms with Gasteiger partial charge in [0.15, 0.2) is 0 Å². The molecule has 0 aliphatic carbocycles. The second kappa shape index (κ2) is 7.81. The summed E-state index contributed by atoms with van der Waals surface area (Å²) in [6, 6.07) is 2.11. The van der Waals surface area contributed by atoms with E-state index in [4.69, 9.17) is 4.42 Å². The van der Waals surface area contributed by atoms with Gasteiger partial charge in [0.25, 0.3) is 0 Å². The van der Waals surface area contributed by atoms with E-state index in [1.54, 1.807) is 0 Å². The van der Waals surface area contributed by atoms with E-state index in [0.717, 1.165) is 31.3 Å². The van der Waals surface area contributed by atoms with E-state index in [0.29, 0.717) is 0 Å². The van der Waals surface area contributed by atoms with Crippen molar-refractivity contribution >= 4 is 0 Å². The summed E-state index contributed by atoms with van der Waals surface area (Å²) in [7, 11) is 4.45. The molecular formula is C16H29N3O. The number of piperidine rings is 1. The summed E-state index contributed by atoms with van der Waals surface area (Å²) in [4.78, 5) is 4.87. The highest BCUT2D eigenvalue weighted by atomic mass is 16.3. The molecule has 20 heavy (non-hydrogen) atoms. The Morgan fingerprint density at radius 1 is 1.40 bits per heavy atom. The summed E-state index contributed by atoms with van der Waals surface area (Å²) < 4.78 is 5.58. The van der Waals surface area contributed by atoms with Gasteiger partial charge in [-0.05, 0) is 58.6 Å². The third-order valence-electron chi connectivity index (χ3n) is 4.22. The molecule has 1 aliphatic heterocycles. The molecule has 4 heteroatoms. The van der Waals surface area contributed by atoms with Gasteiger partial charge in [0.05, 0.1) is 12.8 Å². The maximum absolute atomic E-state index is 5.58. The molecule has 1 aliphatic rings. The third-order valence-corrected chi connectivity index (χ3v) is 4.22. The number of hydrogen-bond acceptors (Lipinski definition) is 4. The van der Waals surface area contributed by atoms with Crippen molar-refractivity contribution in [3.63, 3.8) is 0 Å². The fraction of sp³-hybridized carbons (Fsp3) is 0.750. The summed E-state index contributed by atoms with van der Waals surface area (Å²) >= 11 is 0. The molecule has 0 aromatic carbocycles. The van der Waals surface area contributed by atoms with Crippen LogP contribution in [-0.4, -0.2) is 50.1 Å². The normalized spacial score (nSPS) is 18.0. The zero-order chi connectivity index (χ0) is 14.4. The van der Waals surface area contributed by atoms with Crippen LogP contribution >= 0.6 is 0 Å². The Labute approximate surface area is 123 Å². The van der Waals surface area contributed by atoms with Gasteiger partial charge in [0.2, 0.25) is 0 Å². The highest BCUT2D eigenvalue weighted by molar-refractivity contribution is 5.16. The molecule has 0 saturated carbocycles. The summed E-state index contributed by atoms with van der Waals surface area (Å²) in [5.74, 6) is 1.93. The van der Waals surface area contributed by atoms with Crippen LogP contribution in [0.25, 0.3) is 0 Å². The first-order valence-electron chi connectivity index (χ1n) is 7.82.